The van der Waals surface area contributed by atoms with Gasteiger partial charge in [0, 0.05) is 11.8 Å². The molecule has 1 amide bonds. The number of nitrogen functional groups attached to an aromatic ring is 1. The number of thiazole rings is 1. The summed E-state index contributed by atoms with van der Waals surface area (Å²) >= 11 is 1.40. The van der Waals surface area contributed by atoms with E-state index >= 15 is 0 Å². The first kappa shape index (κ1) is 13.3. The zero-order valence-electron chi connectivity index (χ0n) is 11.1. The van der Waals surface area contributed by atoms with Crippen LogP contribution in [0, 0.1) is 0 Å². The monoisotopic (exact) mass is 295 g/mol. The molecule has 0 aliphatic heterocycles. The van der Waals surface area contributed by atoms with E-state index in [1.165, 1.54) is 17.4 Å². The van der Waals surface area contributed by atoms with Crippen LogP contribution >= 0.6 is 11.3 Å². The molecule has 0 unspecified atom stereocenters. The Bertz CT molecular complexity index is 809. The van der Waals surface area contributed by atoms with Gasteiger partial charge in [-0.2, -0.15) is 0 Å². The van der Waals surface area contributed by atoms with Crippen LogP contribution in [0.5, 0.6) is 0 Å². The highest BCUT2D eigenvalue weighted by Crippen LogP contribution is 2.26. The molecule has 104 valence electrons. The van der Waals surface area contributed by atoms with E-state index in [0.717, 1.165) is 21.5 Å². The number of carbonyl (C=O) groups excluding carboxylic acids is 1. The Morgan fingerprint density at radius 2 is 2.00 bits per heavy atom. The van der Waals surface area contributed by atoms with Crippen molar-refractivity contribution in [1.29, 1.82) is 0 Å². The quantitative estimate of drug-likeness (QED) is 0.726. The van der Waals surface area contributed by atoms with E-state index in [0.29, 0.717) is 5.13 Å². The van der Waals surface area contributed by atoms with Gasteiger partial charge in [-0.15, -0.1) is 0 Å². The van der Waals surface area contributed by atoms with Crippen LogP contribution in [0.2, 0.25) is 0 Å². The first-order chi connectivity index (χ1) is 10.2. The maximum atomic E-state index is 11.9. The lowest BCUT2D eigenvalue weighted by molar-refractivity contribution is -0.111. The molecule has 0 atom stereocenters. The van der Waals surface area contributed by atoms with Gasteiger partial charge in [0.1, 0.15) is 0 Å². The fraction of sp³-hybridized carbons (Fsp3) is 0. The molecule has 4 nitrogen and oxygen atoms in total. The van der Waals surface area contributed by atoms with E-state index in [-0.39, 0.29) is 5.91 Å². The van der Waals surface area contributed by atoms with E-state index in [4.69, 9.17) is 5.73 Å². The van der Waals surface area contributed by atoms with Crippen molar-refractivity contribution in [3.05, 3.63) is 60.2 Å². The highest BCUT2D eigenvalue weighted by molar-refractivity contribution is 7.22. The Labute approximate surface area is 125 Å². The second-order valence-electron chi connectivity index (χ2n) is 4.47. The normalized spacial score (nSPS) is 11.0. The molecule has 0 aliphatic rings. The average molecular weight is 295 g/mol. The minimum absolute atomic E-state index is 0.171. The van der Waals surface area contributed by atoms with Gasteiger partial charge in [0.05, 0.1) is 10.2 Å². The zero-order chi connectivity index (χ0) is 14.7. The number of benzene rings is 2. The van der Waals surface area contributed by atoms with Crippen molar-refractivity contribution in [2.45, 2.75) is 0 Å². The van der Waals surface area contributed by atoms with Crippen molar-refractivity contribution >= 4 is 44.4 Å². The third kappa shape index (κ3) is 3.27. The molecule has 0 fully saturated rings. The molecule has 2 aromatic carbocycles. The Morgan fingerprint density at radius 1 is 1.19 bits per heavy atom. The highest BCUT2D eigenvalue weighted by Gasteiger charge is 2.03. The summed E-state index contributed by atoms with van der Waals surface area (Å²) in [5, 5.41) is 3.35. The summed E-state index contributed by atoms with van der Waals surface area (Å²) in [7, 11) is 0. The standard InChI is InChI=1S/C16H13N3OS/c17-16-19-13-8-7-12(10-14(13)21-16)18-15(20)9-6-11-4-2-1-3-5-11/h1-10H,(H2,17,19)(H,18,20)/b9-6+. The molecule has 1 heterocycles. The van der Waals surface area contributed by atoms with Gasteiger partial charge in [-0.3, -0.25) is 4.79 Å². The average Bonchev–Trinajstić information content (AvgIpc) is 2.85. The molecule has 3 rings (SSSR count). The molecule has 0 radical (unpaired) electrons. The van der Waals surface area contributed by atoms with Crippen LogP contribution in [0.4, 0.5) is 10.8 Å². The molecule has 0 spiro atoms. The molecular formula is C16H13N3OS. The van der Waals surface area contributed by atoms with Gasteiger partial charge in [-0.25, -0.2) is 4.98 Å². The van der Waals surface area contributed by atoms with Gasteiger partial charge in [-0.05, 0) is 29.8 Å². The summed E-state index contributed by atoms with van der Waals surface area (Å²) in [4.78, 5) is 16.1. The second-order valence-corrected chi connectivity index (χ2v) is 5.53. The summed E-state index contributed by atoms with van der Waals surface area (Å²) in [6.45, 7) is 0. The minimum Gasteiger partial charge on any atom is -0.375 e. The van der Waals surface area contributed by atoms with E-state index in [1.807, 2.05) is 48.5 Å². The number of nitrogens with one attached hydrogen (secondary N) is 1. The van der Waals surface area contributed by atoms with Crippen molar-refractivity contribution in [3.63, 3.8) is 0 Å². The van der Waals surface area contributed by atoms with Crippen LogP contribution in [0.15, 0.2) is 54.6 Å². The Hall–Kier alpha value is -2.66. The fourth-order valence-electron chi connectivity index (χ4n) is 1.94. The summed E-state index contributed by atoms with van der Waals surface area (Å²) in [6, 6.07) is 15.2. The summed E-state index contributed by atoms with van der Waals surface area (Å²) < 4.78 is 0.956. The lowest BCUT2D eigenvalue weighted by Crippen LogP contribution is -2.07. The van der Waals surface area contributed by atoms with Crippen LogP contribution in [0.25, 0.3) is 16.3 Å². The van der Waals surface area contributed by atoms with Gasteiger partial charge in [0.15, 0.2) is 5.13 Å². The molecule has 0 saturated carbocycles. The van der Waals surface area contributed by atoms with E-state index in [9.17, 15) is 4.79 Å². The van der Waals surface area contributed by atoms with Crippen LogP contribution in [-0.2, 0) is 4.79 Å². The first-order valence-electron chi connectivity index (χ1n) is 6.41. The van der Waals surface area contributed by atoms with Crippen molar-refractivity contribution in [2.24, 2.45) is 0 Å². The number of hydrogen-bond donors (Lipinski definition) is 2. The first-order valence-corrected chi connectivity index (χ1v) is 7.22. The van der Waals surface area contributed by atoms with Crippen molar-refractivity contribution in [3.8, 4) is 0 Å². The van der Waals surface area contributed by atoms with Crippen LogP contribution < -0.4 is 11.1 Å². The van der Waals surface area contributed by atoms with E-state index in [2.05, 4.69) is 10.3 Å². The smallest absolute Gasteiger partial charge is 0.248 e. The molecule has 5 heteroatoms. The van der Waals surface area contributed by atoms with E-state index in [1.54, 1.807) is 6.08 Å². The fourth-order valence-corrected chi connectivity index (χ4v) is 2.71. The predicted molar refractivity (Wildman–Crippen MR) is 88.1 cm³/mol. The zero-order valence-corrected chi connectivity index (χ0v) is 11.9. The number of aromatic nitrogens is 1. The van der Waals surface area contributed by atoms with Crippen LogP contribution in [0.1, 0.15) is 5.56 Å². The Balaban J connectivity index is 1.72. The number of nitrogens with zero attached hydrogens (tertiary/aromatic N) is 1. The van der Waals surface area contributed by atoms with Crippen molar-refractivity contribution in [2.75, 3.05) is 11.1 Å². The van der Waals surface area contributed by atoms with Gasteiger partial charge in [0.25, 0.3) is 0 Å². The van der Waals surface area contributed by atoms with Gasteiger partial charge in [0.2, 0.25) is 5.91 Å². The van der Waals surface area contributed by atoms with Gasteiger partial charge < -0.3 is 11.1 Å². The molecular weight excluding hydrogens is 282 g/mol. The largest absolute Gasteiger partial charge is 0.375 e. The molecule has 0 saturated heterocycles. The third-order valence-corrected chi connectivity index (χ3v) is 3.75. The number of nitrogens with two attached hydrogens (primary N) is 1. The van der Waals surface area contributed by atoms with Gasteiger partial charge in [-0.1, -0.05) is 41.7 Å². The third-order valence-electron chi connectivity index (χ3n) is 2.90. The highest BCUT2D eigenvalue weighted by atomic mass is 32.1. The molecule has 3 N–H and O–H groups in total. The summed E-state index contributed by atoms with van der Waals surface area (Å²) in [5.41, 5.74) is 8.22. The Kier molecular flexibility index (Phi) is 3.66. The second kappa shape index (κ2) is 5.76. The summed E-state index contributed by atoms with van der Waals surface area (Å²) in [6.07, 6.45) is 3.29. The number of anilines is 2. The SMILES string of the molecule is Nc1nc2ccc(NC(=O)/C=C/c3ccccc3)cc2s1. The minimum atomic E-state index is -0.171. The van der Waals surface area contributed by atoms with Crippen molar-refractivity contribution < 1.29 is 4.79 Å². The van der Waals surface area contributed by atoms with Crippen molar-refractivity contribution in [1.82, 2.24) is 4.98 Å². The van der Waals surface area contributed by atoms with Crippen LogP contribution in [-0.4, -0.2) is 10.9 Å². The molecule has 0 aliphatic carbocycles. The summed E-state index contributed by atoms with van der Waals surface area (Å²) in [5.74, 6) is -0.171. The Morgan fingerprint density at radius 3 is 2.81 bits per heavy atom. The lowest BCUT2D eigenvalue weighted by atomic mass is 10.2. The molecule has 3 aromatic rings. The topological polar surface area (TPSA) is 68.0 Å². The molecule has 1 aromatic heterocycles. The maximum Gasteiger partial charge on any atom is 0.248 e. The van der Waals surface area contributed by atoms with Crippen LogP contribution in [0.3, 0.4) is 0 Å². The number of amides is 1. The molecule has 21 heavy (non-hydrogen) atoms. The maximum absolute atomic E-state index is 11.9. The van der Waals surface area contributed by atoms with E-state index < -0.39 is 0 Å². The number of carbonyl (C=O) groups is 1. The number of hydrogen-bond acceptors (Lipinski definition) is 4. The predicted octanol–water partition coefficient (Wildman–Crippen LogP) is 3.53. The lowest BCUT2D eigenvalue weighted by Gasteiger charge is -2.01. The van der Waals surface area contributed by atoms with Gasteiger partial charge >= 0.3 is 0 Å². The number of rotatable bonds is 3. The molecule has 0 bridgehead atoms. The number of fused-ring (bicyclic) bond motifs is 1.